The van der Waals surface area contributed by atoms with Gasteiger partial charge in [0.15, 0.2) is 5.69 Å². The highest BCUT2D eigenvalue weighted by atomic mass is 32.2. The lowest BCUT2D eigenvalue weighted by molar-refractivity contribution is -0.137. The second kappa shape index (κ2) is 5.71. The summed E-state index contributed by atoms with van der Waals surface area (Å²) in [5, 5.41) is 8.31. The van der Waals surface area contributed by atoms with Crippen LogP contribution in [0.3, 0.4) is 0 Å². The van der Waals surface area contributed by atoms with Gasteiger partial charge in [-0.2, -0.15) is 18.0 Å². The minimum absolute atomic E-state index is 0.000833. The van der Waals surface area contributed by atoms with E-state index >= 15 is 0 Å². The van der Waals surface area contributed by atoms with Gasteiger partial charge in [-0.25, -0.2) is 4.79 Å². The normalized spacial score (nSPS) is 14.4. The van der Waals surface area contributed by atoms with Crippen LogP contribution >= 0.6 is 11.9 Å². The Labute approximate surface area is 116 Å². The van der Waals surface area contributed by atoms with Crippen LogP contribution in [0.1, 0.15) is 5.56 Å². The Morgan fingerprint density at radius 2 is 1.75 bits per heavy atom. The molecule has 1 atom stereocenters. The number of halogens is 3. The summed E-state index contributed by atoms with van der Waals surface area (Å²) in [6.07, 6.45) is -5.93. The topological polar surface area (TPSA) is 63.6 Å². The molecule has 1 unspecified atom stereocenters. The zero-order valence-corrected chi connectivity index (χ0v) is 11.3. The molecule has 5 nitrogen and oxygen atoms in total. The molecule has 20 heavy (non-hydrogen) atoms. The van der Waals surface area contributed by atoms with Crippen molar-refractivity contribution in [3.63, 3.8) is 0 Å². The molecule has 0 aliphatic rings. The highest BCUT2D eigenvalue weighted by molar-refractivity contribution is 8.13. The lowest BCUT2D eigenvalue weighted by atomic mass is 10.2. The number of benzene rings is 1. The average Bonchev–Trinajstić information content (AvgIpc) is 2.37. The minimum atomic E-state index is -4.51. The van der Waals surface area contributed by atoms with E-state index in [1.54, 1.807) is 0 Å². The second-order valence-corrected chi connectivity index (χ2v) is 5.04. The summed E-state index contributed by atoms with van der Waals surface area (Å²) in [5.41, 5.74) is -0.901. The number of amides is 1. The average molecular weight is 310 g/mol. The van der Waals surface area contributed by atoms with Crippen LogP contribution in [0.4, 0.5) is 28.4 Å². The number of ether oxygens (including phenoxy) is 1. The van der Waals surface area contributed by atoms with Gasteiger partial charge in [-0.15, -0.1) is 3.89 Å². The van der Waals surface area contributed by atoms with Gasteiger partial charge in [-0.05, 0) is 12.1 Å². The summed E-state index contributed by atoms with van der Waals surface area (Å²) >= 11 is 0.317. The third kappa shape index (κ3) is 3.42. The third-order valence-electron chi connectivity index (χ3n) is 2.48. The Morgan fingerprint density at radius 1 is 1.25 bits per heavy atom. The van der Waals surface area contributed by atoms with Crippen LogP contribution in [0.15, 0.2) is 24.3 Å². The number of hydrogen-bond donors (Lipinski definition) is 1. The van der Waals surface area contributed by atoms with Crippen LogP contribution in [-0.4, -0.2) is 30.7 Å². The van der Waals surface area contributed by atoms with Crippen molar-refractivity contribution in [2.45, 2.75) is 6.18 Å². The van der Waals surface area contributed by atoms with Crippen molar-refractivity contribution in [3.05, 3.63) is 29.8 Å². The fraction of sp³-hybridized carbons (Fsp3) is 0.273. The first-order valence-corrected chi connectivity index (χ1v) is 5.94. The largest absolute Gasteiger partial charge is 0.531 e. The van der Waals surface area contributed by atoms with Crippen molar-refractivity contribution in [3.8, 4) is 0 Å². The third-order valence-corrected chi connectivity index (χ3v) is 3.52. The van der Waals surface area contributed by atoms with Gasteiger partial charge in [0.1, 0.15) is 0 Å². The predicted molar refractivity (Wildman–Crippen MR) is 67.2 cm³/mol. The van der Waals surface area contributed by atoms with E-state index in [9.17, 15) is 27.9 Å². The van der Waals surface area contributed by atoms with Crippen LogP contribution in [0.5, 0.6) is 0 Å². The number of hydrogen-bond acceptors (Lipinski definition) is 4. The SMILES string of the molecule is COC(=O)S[N+](C)(C(=O)O)c1ccc(C(F)(F)F)cc1. The summed E-state index contributed by atoms with van der Waals surface area (Å²) < 4.78 is 40.7. The molecular formula is C11H11F3NO4S+. The molecule has 1 aromatic carbocycles. The standard InChI is InChI=1S/C11H10F3NO4S/c1-15(9(16)17,20-10(18)19-2)8-5-3-7(4-6-8)11(12,13)14/h3-6H,1-2H3/p+1. The molecule has 9 heteroatoms. The van der Waals surface area contributed by atoms with Gasteiger partial charge in [0.25, 0.3) is 0 Å². The van der Waals surface area contributed by atoms with Crippen molar-refractivity contribution in [2.75, 3.05) is 14.2 Å². The number of carboxylic acid groups (broad SMARTS) is 1. The molecule has 0 radical (unpaired) electrons. The lowest BCUT2D eigenvalue weighted by Crippen LogP contribution is -2.44. The lowest BCUT2D eigenvalue weighted by Gasteiger charge is -2.23. The Balaban J connectivity index is 3.17. The maximum atomic E-state index is 12.4. The number of nitrogens with zero attached hydrogens (tertiary/aromatic N) is 1. The number of methoxy groups -OCH3 is 1. The van der Waals surface area contributed by atoms with E-state index in [2.05, 4.69) is 4.74 Å². The van der Waals surface area contributed by atoms with Gasteiger partial charge in [-0.1, -0.05) is 0 Å². The van der Waals surface area contributed by atoms with Gasteiger partial charge in [0.2, 0.25) is 11.9 Å². The molecular weight excluding hydrogens is 299 g/mol. The van der Waals surface area contributed by atoms with Crippen molar-refractivity contribution in [1.82, 2.24) is 3.89 Å². The zero-order valence-electron chi connectivity index (χ0n) is 10.5. The maximum Gasteiger partial charge on any atom is 0.531 e. The first kappa shape index (κ1) is 16.3. The first-order valence-electron chi connectivity index (χ1n) is 5.16. The number of rotatable bonds is 1. The molecule has 0 spiro atoms. The second-order valence-electron chi connectivity index (χ2n) is 3.80. The zero-order chi connectivity index (χ0) is 15.6. The van der Waals surface area contributed by atoms with E-state index < -0.39 is 27.0 Å². The molecule has 1 amide bonds. The van der Waals surface area contributed by atoms with E-state index in [1.165, 1.54) is 0 Å². The van der Waals surface area contributed by atoms with Crippen LogP contribution in [-0.2, 0) is 10.9 Å². The van der Waals surface area contributed by atoms with E-state index in [0.717, 1.165) is 38.4 Å². The van der Waals surface area contributed by atoms with Crippen molar-refractivity contribution in [1.29, 1.82) is 0 Å². The highest BCUT2D eigenvalue weighted by Gasteiger charge is 2.41. The fourth-order valence-corrected chi connectivity index (χ4v) is 2.00. The van der Waals surface area contributed by atoms with Crippen molar-refractivity contribution in [2.24, 2.45) is 0 Å². The molecule has 110 valence electrons. The summed E-state index contributed by atoms with van der Waals surface area (Å²) in [7, 11) is 2.24. The molecule has 1 N–H and O–H groups in total. The molecule has 0 aliphatic heterocycles. The molecule has 1 aromatic rings. The molecule has 0 saturated carbocycles. The minimum Gasteiger partial charge on any atom is -0.457 e. The highest BCUT2D eigenvalue weighted by Crippen LogP contribution is 2.35. The van der Waals surface area contributed by atoms with Crippen molar-refractivity contribution < 1.29 is 32.6 Å². The van der Waals surface area contributed by atoms with E-state index in [0.29, 0.717) is 11.9 Å². The molecule has 0 fully saturated rings. The Hall–Kier alpha value is -1.74. The van der Waals surface area contributed by atoms with Crippen molar-refractivity contribution >= 4 is 29.0 Å². The smallest absolute Gasteiger partial charge is 0.457 e. The van der Waals surface area contributed by atoms with Gasteiger partial charge >= 0.3 is 17.6 Å². The van der Waals surface area contributed by atoms with E-state index in [-0.39, 0.29) is 5.69 Å². The fourth-order valence-electron chi connectivity index (χ4n) is 1.32. The van der Waals surface area contributed by atoms with Gasteiger partial charge in [0.05, 0.1) is 19.7 Å². The van der Waals surface area contributed by atoms with Gasteiger partial charge < -0.3 is 9.84 Å². The van der Waals surface area contributed by atoms with Crippen LogP contribution in [0, 0.1) is 0 Å². The number of carbonyl (C=O) groups excluding carboxylic acids is 1. The molecule has 0 aromatic heterocycles. The van der Waals surface area contributed by atoms with E-state index in [4.69, 9.17) is 0 Å². The summed E-state index contributed by atoms with van der Waals surface area (Å²) in [6.45, 7) is 0. The van der Waals surface area contributed by atoms with Crippen LogP contribution in [0.2, 0.25) is 0 Å². The van der Waals surface area contributed by atoms with Gasteiger partial charge in [0, 0.05) is 12.1 Å². The van der Waals surface area contributed by atoms with Gasteiger partial charge in [-0.3, -0.25) is 0 Å². The quantitative estimate of drug-likeness (QED) is 0.486. The van der Waals surface area contributed by atoms with Crippen LogP contribution in [0.25, 0.3) is 0 Å². The Bertz CT molecular complexity index is 517. The molecule has 0 saturated heterocycles. The summed E-state index contributed by atoms with van der Waals surface area (Å²) in [6, 6.07) is 3.53. The van der Waals surface area contributed by atoms with Crippen LogP contribution < -0.4 is 3.89 Å². The maximum absolute atomic E-state index is 12.4. The molecule has 0 aliphatic carbocycles. The summed E-state index contributed by atoms with van der Waals surface area (Å²) in [4.78, 5) is 22.5. The Kier molecular flexibility index (Phi) is 4.66. The molecule has 0 heterocycles. The number of alkyl halides is 3. The number of quaternary nitrogens is 1. The van der Waals surface area contributed by atoms with E-state index in [1.807, 2.05) is 0 Å². The molecule has 1 rings (SSSR count). The monoisotopic (exact) mass is 310 g/mol. The molecule has 0 bridgehead atoms. The number of carbonyl (C=O) groups is 2. The first-order chi connectivity index (χ1) is 9.11. The summed E-state index contributed by atoms with van der Waals surface area (Å²) in [5.74, 6) is 0. The Morgan fingerprint density at radius 3 is 2.10 bits per heavy atom. The predicted octanol–water partition coefficient (Wildman–Crippen LogP) is 3.74.